The number of nitrogens with one attached hydrogen (secondary N) is 1. The maximum absolute atomic E-state index is 15.5. The minimum absolute atomic E-state index is 0.0253. The lowest BCUT2D eigenvalue weighted by Gasteiger charge is -2.39. The van der Waals surface area contributed by atoms with Gasteiger partial charge in [-0.3, -0.25) is 14.4 Å². The largest absolute Gasteiger partial charge is 0.504 e. The average molecular weight is 768 g/mol. The number of rotatable bonds is 7. The molecule has 19 heteroatoms. The molecule has 7 rings (SSSR count). The number of carbonyl (C=O) groups is 2. The fourth-order valence-corrected chi connectivity index (χ4v) is 7.19. The number of halogens is 5. The molecule has 1 saturated heterocycles. The molecule has 2 amide bonds. The van der Waals surface area contributed by atoms with Crippen LogP contribution in [0.5, 0.6) is 5.75 Å². The first-order valence-electron chi connectivity index (χ1n) is 17.1. The Morgan fingerprint density at radius 3 is 2.45 bits per heavy atom. The Kier molecular flexibility index (Phi) is 9.40. The number of fused-ring (bicyclic) bond motifs is 3. The third-order valence-electron chi connectivity index (χ3n) is 9.74. The van der Waals surface area contributed by atoms with Gasteiger partial charge in [-0.25, -0.2) is 18.7 Å². The van der Waals surface area contributed by atoms with Gasteiger partial charge in [0, 0.05) is 19.6 Å². The van der Waals surface area contributed by atoms with E-state index in [0.29, 0.717) is 18.2 Å². The molecule has 14 nitrogen and oxygen atoms in total. The standard InChI is InChI=1S/C36H34F5N9O5/c1-18-30(52)28(43-17-42-18)33(54)48-11-9-35(10-12-48)27-29(19(2)55-35)49(16-26(51)44-25-8-6-21(14-24(25)38)36(39,40)41)34-45-31(46-50(34)32(27)53)22-7-5-20(13-23(22)37)15-47(3)4/h5-8,13-14,17,19,52H,9-12,15-16H2,1-4H3,(H,44,51). The number of likely N-dealkylation sites (tertiary alicyclic amines) is 1. The minimum atomic E-state index is -4.81. The third kappa shape index (κ3) is 6.77. The zero-order valence-corrected chi connectivity index (χ0v) is 29.9. The summed E-state index contributed by atoms with van der Waals surface area (Å²) in [7, 11) is 3.66. The smallest absolute Gasteiger partial charge is 0.416 e. The Morgan fingerprint density at radius 1 is 1.07 bits per heavy atom. The molecule has 288 valence electrons. The van der Waals surface area contributed by atoms with Gasteiger partial charge in [-0.2, -0.15) is 22.7 Å². The van der Waals surface area contributed by atoms with Gasteiger partial charge >= 0.3 is 6.18 Å². The predicted molar refractivity (Wildman–Crippen MR) is 185 cm³/mol. The number of amides is 2. The lowest BCUT2D eigenvalue weighted by molar-refractivity contribution is -0.137. The van der Waals surface area contributed by atoms with Crippen LogP contribution in [0.1, 0.15) is 64.4 Å². The van der Waals surface area contributed by atoms with Gasteiger partial charge in [-0.1, -0.05) is 6.07 Å². The number of piperidine rings is 1. The minimum Gasteiger partial charge on any atom is -0.504 e. The summed E-state index contributed by atoms with van der Waals surface area (Å²) in [5.74, 6) is -4.11. The van der Waals surface area contributed by atoms with Crippen LogP contribution in [-0.2, 0) is 34.4 Å². The summed E-state index contributed by atoms with van der Waals surface area (Å²) in [5, 5.41) is 17.1. The van der Waals surface area contributed by atoms with E-state index >= 15 is 4.39 Å². The highest BCUT2D eigenvalue weighted by atomic mass is 19.4. The van der Waals surface area contributed by atoms with Crippen LogP contribution in [0.2, 0.25) is 0 Å². The Labute approximate surface area is 309 Å². The Morgan fingerprint density at radius 2 is 1.80 bits per heavy atom. The van der Waals surface area contributed by atoms with E-state index in [4.69, 9.17) is 4.74 Å². The highest BCUT2D eigenvalue weighted by Gasteiger charge is 2.51. The molecule has 5 aromatic rings. The van der Waals surface area contributed by atoms with Crippen molar-refractivity contribution in [1.29, 1.82) is 0 Å². The quantitative estimate of drug-likeness (QED) is 0.225. The summed E-state index contributed by atoms with van der Waals surface area (Å²) in [6, 6.07) is 6.16. The average Bonchev–Trinajstić information content (AvgIpc) is 3.68. The lowest BCUT2D eigenvalue weighted by Crippen LogP contribution is -2.47. The molecule has 3 aromatic heterocycles. The summed E-state index contributed by atoms with van der Waals surface area (Å²) in [4.78, 5) is 57.0. The first-order chi connectivity index (χ1) is 26.0. The van der Waals surface area contributed by atoms with Crippen molar-refractivity contribution in [2.45, 2.75) is 57.7 Å². The molecule has 0 bridgehead atoms. The maximum Gasteiger partial charge on any atom is 0.416 e. The van der Waals surface area contributed by atoms with Crippen molar-refractivity contribution in [2.24, 2.45) is 0 Å². The lowest BCUT2D eigenvalue weighted by atomic mass is 9.85. The highest BCUT2D eigenvalue weighted by molar-refractivity contribution is 5.95. The van der Waals surface area contributed by atoms with Crippen molar-refractivity contribution in [3.63, 3.8) is 0 Å². The fraction of sp³-hybridized carbons (Fsp3) is 0.361. The van der Waals surface area contributed by atoms with Crippen molar-refractivity contribution in [3.8, 4) is 17.1 Å². The molecule has 5 heterocycles. The van der Waals surface area contributed by atoms with Crippen LogP contribution in [0.3, 0.4) is 0 Å². The number of hydrogen-bond donors (Lipinski definition) is 2. The Hall–Kier alpha value is -5.82. The van der Waals surface area contributed by atoms with Crippen LogP contribution >= 0.6 is 0 Å². The Balaban J connectivity index is 1.29. The summed E-state index contributed by atoms with van der Waals surface area (Å²) in [5.41, 5.74) is -2.68. The summed E-state index contributed by atoms with van der Waals surface area (Å²) in [6.07, 6.45) is -4.28. The van der Waals surface area contributed by atoms with Crippen molar-refractivity contribution in [1.82, 2.24) is 38.9 Å². The van der Waals surface area contributed by atoms with Gasteiger partial charge in [0.05, 0.1) is 39.9 Å². The van der Waals surface area contributed by atoms with Crippen LogP contribution in [-0.4, -0.2) is 83.0 Å². The van der Waals surface area contributed by atoms with Gasteiger partial charge in [0.25, 0.3) is 11.5 Å². The molecular weight excluding hydrogens is 733 g/mol. The van der Waals surface area contributed by atoms with E-state index in [1.807, 2.05) is 19.0 Å². The van der Waals surface area contributed by atoms with E-state index in [-0.39, 0.29) is 77.6 Å². The summed E-state index contributed by atoms with van der Waals surface area (Å²) < 4.78 is 78.5. The first-order valence-corrected chi connectivity index (χ1v) is 17.1. The SMILES string of the molecule is Cc1ncnc(C(=O)N2CCC3(CC2)OC(C)c2c3c(=O)n3nc(-c4ccc(CN(C)C)cc4F)nc3n2CC(=O)Nc2ccc(C(F)(F)F)cc2F)c1O. The second kappa shape index (κ2) is 13.8. The maximum atomic E-state index is 15.5. The molecule has 2 aliphatic rings. The van der Waals surface area contributed by atoms with Crippen molar-refractivity contribution >= 4 is 23.3 Å². The number of nitrogens with zero attached hydrogens (tertiary/aromatic N) is 8. The Bertz CT molecular complexity index is 2420. The second-order valence-electron chi connectivity index (χ2n) is 13.8. The fourth-order valence-electron chi connectivity index (χ4n) is 7.19. The van der Waals surface area contributed by atoms with Crippen molar-refractivity contribution in [3.05, 3.63) is 98.5 Å². The number of aromatic hydroxyl groups is 1. The molecule has 55 heavy (non-hydrogen) atoms. The number of aryl methyl sites for hydroxylation is 1. The number of ether oxygens (including phenoxy) is 1. The van der Waals surface area contributed by atoms with Crippen LogP contribution in [0.4, 0.5) is 27.6 Å². The van der Waals surface area contributed by atoms with E-state index in [9.17, 15) is 37.1 Å². The number of alkyl halides is 3. The van der Waals surface area contributed by atoms with Gasteiger partial charge in [-0.05, 0) is 76.7 Å². The first kappa shape index (κ1) is 37.5. The molecule has 1 atom stereocenters. The van der Waals surface area contributed by atoms with E-state index < -0.39 is 64.7 Å². The molecule has 2 aliphatic heterocycles. The number of hydrogen-bond acceptors (Lipinski definition) is 10. The van der Waals surface area contributed by atoms with Crippen LogP contribution < -0.4 is 10.9 Å². The van der Waals surface area contributed by atoms with E-state index in [1.54, 1.807) is 13.0 Å². The number of aromatic nitrogens is 6. The molecule has 0 saturated carbocycles. The predicted octanol–water partition coefficient (Wildman–Crippen LogP) is 4.58. The zero-order chi connectivity index (χ0) is 39.6. The number of anilines is 1. The van der Waals surface area contributed by atoms with Crippen LogP contribution in [0.15, 0.2) is 47.5 Å². The molecule has 1 unspecified atom stereocenters. The molecule has 1 spiro atoms. The highest BCUT2D eigenvalue weighted by Crippen LogP contribution is 2.48. The van der Waals surface area contributed by atoms with Gasteiger partial charge in [-0.15, -0.1) is 5.10 Å². The molecule has 0 aliphatic carbocycles. The second-order valence-corrected chi connectivity index (χ2v) is 13.8. The van der Waals surface area contributed by atoms with Crippen molar-refractivity contribution in [2.75, 3.05) is 32.5 Å². The summed E-state index contributed by atoms with van der Waals surface area (Å²) in [6.45, 7) is 3.14. The third-order valence-corrected chi connectivity index (χ3v) is 9.74. The van der Waals surface area contributed by atoms with Crippen molar-refractivity contribution < 1.29 is 41.4 Å². The van der Waals surface area contributed by atoms with E-state index in [0.717, 1.165) is 16.9 Å². The van der Waals surface area contributed by atoms with Gasteiger partial charge < -0.3 is 29.5 Å². The number of carbonyl (C=O) groups excluding carboxylic acids is 2. The molecule has 2 N–H and O–H groups in total. The van der Waals surface area contributed by atoms with Gasteiger partial charge in [0.1, 0.15) is 30.1 Å². The topological polar surface area (TPSA) is 160 Å². The molecular formula is C36H34F5N9O5. The van der Waals surface area contributed by atoms with Gasteiger partial charge in [0.15, 0.2) is 17.3 Å². The molecule has 0 radical (unpaired) electrons. The monoisotopic (exact) mass is 767 g/mol. The summed E-state index contributed by atoms with van der Waals surface area (Å²) >= 11 is 0. The zero-order valence-electron chi connectivity index (χ0n) is 29.9. The van der Waals surface area contributed by atoms with E-state index in [2.05, 4.69) is 25.4 Å². The molecule has 1 fully saturated rings. The molecule has 2 aromatic carbocycles. The van der Waals surface area contributed by atoms with Crippen LogP contribution in [0.25, 0.3) is 17.2 Å². The van der Waals surface area contributed by atoms with E-state index in [1.165, 1.54) is 28.5 Å². The van der Waals surface area contributed by atoms with Gasteiger partial charge in [0.2, 0.25) is 11.7 Å². The number of benzene rings is 2. The normalized spacial score (nSPS) is 16.6. The van der Waals surface area contributed by atoms with Crippen LogP contribution in [0, 0.1) is 18.6 Å².